The third-order valence-corrected chi connectivity index (χ3v) is 5.07. The maximum Gasteiger partial charge on any atom is 0.274 e. The Morgan fingerprint density at radius 1 is 1.15 bits per heavy atom. The van der Waals surface area contributed by atoms with Gasteiger partial charge in [0.1, 0.15) is 5.69 Å². The zero-order valence-electron chi connectivity index (χ0n) is 14.1. The predicted molar refractivity (Wildman–Crippen MR) is 103 cm³/mol. The van der Waals surface area contributed by atoms with Crippen LogP contribution in [0.3, 0.4) is 0 Å². The molecule has 3 heterocycles. The lowest BCUT2D eigenvalue weighted by Gasteiger charge is -2.30. The number of benzene rings is 1. The third-order valence-electron chi connectivity index (χ3n) is 4.20. The van der Waals surface area contributed by atoms with Gasteiger partial charge in [0.15, 0.2) is 0 Å². The molecule has 2 N–H and O–H groups in total. The minimum Gasteiger partial charge on any atom is -0.378 e. The molecule has 8 heteroatoms. The first-order chi connectivity index (χ1) is 12.8. The minimum atomic E-state index is -0.222. The summed E-state index contributed by atoms with van der Waals surface area (Å²) in [5.74, 6) is 0.339. The molecule has 26 heavy (non-hydrogen) atoms. The summed E-state index contributed by atoms with van der Waals surface area (Å²) in [6.45, 7) is 3.09. The van der Waals surface area contributed by atoms with Gasteiger partial charge in [-0.15, -0.1) is 21.5 Å². The summed E-state index contributed by atoms with van der Waals surface area (Å²) in [6, 6.07) is 11.9. The second-order valence-corrected chi connectivity index (χ2v) is 6.98. The first kappa shape index (κ1) is 16.7. The predicted octanol–water partition coefficient (Wildman–Crippen LogP) is 2.40. The van der Waals surface area contributed by atoms with Crippen LogP contribution in [0.5, 0.6) is 0 Å². The lowest BCUT2D eigenvalue weighted by molar-refractivity contribution is 0.123. The smallest absolute Gasteiger partial charge is 0.274 e. The van der Waals surface area contributed by atoms with Crippen LogP contribution in [0.25, 0.3) is 0 Å². The highest BCUT2D eigenvalue weighted by Crippen LogP contribution is 2.27. The monoisotopic (exact) mass is 369 g/mol. The first-order valence-corrected chi connectivity index (χ1v) is 9.34. The van der Waals surface area contributed by atoms with E-state index in [0.717, 1.165) is 29.3 Å². The molecule has 0 atom stereocenters. The van der Waals surface area contributed by atoms with Gasteiger partial charge in [0.2, 0.25) is 5.95 Å². The van der Waals surface area contributed by atoms with Crippen molar-refractivity contribution in [2.45, 2.75) is 6.42 Å². The maximum absolute atomic E-state index is 12.3. The molecule has 1 saturated heterocycles. The van der Waals surface area contributed by atoms with Crippen LogP contribution in [0.2, 0.25) is 0 Å². The largest absolute Gasteiger partial charge is 0.378 e. The molecule has 0 unspecified atom stereocenters. The SMILES string of the molecule is O=c1[nH]c(Nc2ccccc2N2CCOCC2)nnc1Cc1cccs1. The average molecular weight is 369 g/mol. The molecule has 0 saturated carbocycles. The topological polar surface area (TPSA) is 83.1 Å². The first-order valence-electron chi connectivity index (χ1n) is 8.46. The Bertz CT molecular complexity index is 919. The van der Waals surface area contributed by atoms with Crippen molar-refractivity contribution < 1.29 is 4.74 Å². The molecule has 1 aliphatic heterocycles. The normalized spacial score (nSPS) is 14.4. The van der Waals surface area contributed by atoms with Gasteiger partial charge in [-0.05, 0) is 23.6 Å². The molecule has 1 fully saturated rings. The molecule has 4 rings (SSSR count). The van der Waals surface area contributed by atoms with Gasteiger partial charge < -0.3 is 15.0 Å². The van der Waals surface area contributed by atoms with Crippen LogP contribution in [-0.4, -0.2) is 41.5 Å². The van der Waals surface area contributed by atoms with Gasteiger partial charge in [-0.3, -0.25) is 9.78 Å². The second-order valence-electron chi connectivity index (χ2n) is 5.95. The standard InChI is InChI=1S/C18H19N5O2S/c24-17-15(12-13-4-3-11-26-13)21-22-18(20-17)19-14-5-1-2-6-16(14)23-7-9-25-10-8-23/h1-6,11H,7-10,12H2,(H2,19,20,22,24). The number of hydrogen-bond donors (Lipinski definition) is 2. The number of morpholine rings is 1. The lowest BCUT2D eigenvalue weighted by Crippen LogP contribution is -2.36. The number of ether oxygens (including phenoxy) is 1. The van der Waals surface area contributed by atoms with Gasteiger partial charge in [0, 0.05) is 24.4 Å². The zero-order valence-corrected chi connectivity index (χ0v) is 15.0. The van der Waals surface area contributed by atoms with Gasteiger partial charge >= 0.3 is 0 Å². The van der Waals surface area contributed by atoms with Crippen molar-refractivity contribution in [1.82, 2.24) is 15.2 Å². The molecule has 2 aromatic heterocycles. The summed E-state index contributed by atoms with van der Waals surface area (Å²) in [5, 5.41) is 13.4. The Morgan fingerprint density at radius 3 is 2.77 bits per heavy atom. The number of nitrogens with one attached hydrogen (secondary N) is 2. The van der Waals surface area contributed by atoms with Gasteiger partial charge in [-0.1, -0.05) is 18.2 Å². The van der Waals surface area contributed by atoms with Crippen LogP contribution in [0.15, 0.2) is 46.6 Å². The summed E-state index contributed by atoms with van der Waals surface area (Å²) in [4.78, 5) is 18.4. The molecule has 1 aromatic carbocycles. The molecule has 134 valence electrons. The fraction of sp³-hybridized carbons (Fsp3) is 0.278. The Labute approximate surface area is 154 Å². The van der Waals surface area contributed by atoms with Crippen LogP contribution in [-0.2, 0) is 11.2 Å². The quantitative estimate of drug-likeness (QED) is 0.719. The highest BCUT2D eigenvalue weighted by molar-refractivity contribution is 7.09. The molecular weight excluding hydrogens is 350 g/mol. The van der Waals surface area contributed by atoms with E-state index in [1.807, 2.05) is 41.8 Å². The van der Waals surface area contributed by atoms with E-state index < -0.39 is 0 Å². The average Bonchev–Trinajstić information content (AvgIpc) is 3.18. The van der Waals surface area contributed by atoms with E-state index in [1.54, 1.807) is 11.3 Å². The minimum absolute atomic E-state index is 0.222. The third kappa shape index (κ3) is 3.76. The van der Waals surface area contributed by atoms with Crippen molar-refractivity contribution in [3.8, 4) is 0 Å². The van der Waals surface area contributed by atoms with E-state index in [4.69, 9.17) is 4.74 Å². The number of rotatable bonds is 5. The molecule has 0 amide bonds. The van der Waals surface area contributed by atoms with Gasteiger partial charge in [-0.25, -0.2) is 0 Å². The molecule has 0 spiro atoms. The lowest BCUT2D eigenvalue weighted by atomic mass is 10.2. The summed E-state index contributed by atoms with van der Waals surface area (Å²) in [5.41, 5.74) is 2.13. The molecule has 7 nitrogen and oxygen atoms in total. The van der Waals surface area contributed by atoms with Crippen LogP contribution in [0.4, 0.5) is 17.3 Å². The van der Waals surface area contributed by atoms with Crippen molar-refractivity contribution in [3.05, 3.63) is 62.7 Å². The number of nitrogens with zero attached hydrogens (tertiary/aromatic N) is 3. The summed E-state index contributed by atoms with van der Waals surface area (Å²) < 4.78 is 5.42. The van der Waals surface area contributed by atoms with Gasteiger partial charge in [-0.2, -0.15) is 0 Å². The highest BCUT2D eigenvalue weighted by Gasteiger charge is 2.15. The van der Waals surface area contributed by atoms with E-state index >= 15 is 0 Å². The Hall–Kier alpha value is -2.71. The number of aromatic nitrogens is 3. The summed E-state index contributed by atoms with van der Waals surface area (Å²) >= 11 is 1.60. The number of anilines is 3. The Kier molecular flexibility index (Phi) is 4.94. The zero-order chi connectivity index (χ0) is 17.8. The molecule has 3 aromatic rings. The van der Waals surface area contributed by atoms with Crippen molar-refractivity contribution in [2.75, 3.05) is 36.5 Å². The molecule has 1 aliphatic rings. The number of aromatic amines is 1. The van der Waals surface area contributed by atoms with E-state index in [2.05, 4.69) is 25.4 Å². The number of para-hydroxylation sites is 2. The summed E-state index contributed by atoms with van der Waals surface area (Å²) in [7, 11) is 0. The second kappa shape index (κ2) is 7.67. The van der Waals surface area contributed by atoms with Crippen molar-refractivity contribution in [3.63, 3.8) is 0 Å². The van der Waals surface area contributed by atoms with Crippen LogP contribution >= 0.6 is 11.3 Å². The highest BCUT2D eigenvalue weighted by atomic mass is 32.1. The van der Waals surface area contributed by atoms with E-state index in [-0.39, 0.29) is 5.56 Å². The summed E-state index contributed by atoms with van der Waals surface area (Å²) in [6.07, 6.45) is 0.491. The van der Waals surface area contributed by atoms with E-state index in [0.29, 0.717) is 31.3 Å². The fourth-order valence-corrected chi connectivity index (χ4v) is 3.61. The van der Waals surface area contributed by atoms with E-state index in [1.165, 1.54) is 0 Å². The Balaban J connectivity index is 1.54. The van der Waals surface area contributed by atoms with Crippen LogP contribution in [0, 0.1) is 0 Å². The molecule has 0 aliphatic carbocycles. The van der Waals surface area contributed by atoms with E-state index in [9.17, 15) is 4.79 Å². The van der Waals surface area contributed by atoms with Crippen LogP contribution in [0.1, 0.15) is 10.6 Å². The number of H-pyrrole nitrogens is 1. The van der Waals surface area contributed by atoms with Gasteiger partial charge in [0.25, 0.3) is 5.56 Å². The van der Waals surface area contributed by atoms with Crippen molar-refractivity contribution in [1.29, 1.82) is 0 Å². The fourth-order valence-electron chi connectivity index (χ4n) is 2.90. The van der Waals surface area contributed by atoms with Crippen LogP contribution < -0.4 is 15.8 Å². The van der Waals surface area contributed by atoms with Crippen molar-refractivity contribution >= 4 is 28.7 Å². The maximum atomic E-state index is 12.3. The van der Waals surface area contributed by atoms with Crippen molar-refractivity contribution in [2.24, 2.45) is 0 Å². The number of hydrogen-bond acceptors (Lipinski definition) is 7. The molecular formula is C18H19N5O2S. The molecule has 0 bridgehead atoms. The molecule has 0 radical (unpaired) electrons. The van der Waals surface area contributed by atoms with Gasteiger partial charge in [0.05, 0.1) is 24.6 Å². The number of thiophene rings is 1. The Morgan fingerprint density at radius 2 is 2.00 bits per heavy atom.